The molecule has 20 heavy (non-hydrogen) atoms. The first-order valence-corrected chi connectivity index (χ1v) is 6.97. The van der Waals surface area contributed by atoms with Gasteiger partial charge in [-0.05, 0) is 18.1 Å². The second-order valence-corrected chi connectivity index (χ2v) is 5.32. The van der Waals surface area contributed by atoms with Crippen molar-refractivity contribution in [3.8, 4) is 0 Å². The summed E-state index contributed by atoms with van der Waals surface area (Å²) in [4.78, 5) is 25.7. The van der Waals surface area contributed by atoms with Gasteiger partial charge in [0.1, 0.15) is 5.58 Å². The summed E-state index contributed by atoms with van der Waals surface area (Å²) in [5.74, 6) is 0.650. The molecule has 2 aromatic rings. The number of ketones is 1. The van der Waals surface area contributed by atoms with Crippen molar-refractivity contribution in [3.05, 3.63) is 36.1 Å². The molecule has 1 saturated heterocycles. The van der Waals surface area contributed by atoms with Crippen LogP contribution in [0, 0.1) is 5.92 Å². The third kappa shape index (κ3) is 2.33. The average Bonchev–Trinajstić information content (AvgIpc) is 3.02. The summed E-state index contributed by atoms with van der Waals surface area (Å²) in [7, 11) is 0. The van der Waals surface area contributed by atoms with E-state index in [1.54, 1.807) is 11.0 Å². The highest BCUT2D eigenvalue weighted by Gasteiger charge is 2.30. The van der Waals surface area contributed by atoms with Crippen molar-refractivity contribution in [3.63, 3.8) is 0 Å². The van der Waals surface area contributed by atoms with Gasteiger partial charge in [-0.25, -0.2) is 0 Å². The second-order valence-electron chi connectivity index (χ2n) is 5.32. The monoisotopic (exact) mass is 271 g/mol. The molecular formula is C16H17NO3. The lowest BCUT2D eigenvalue weighted by atomic mass is 10.1. The van der Waals surface area contributed by atoms with E-state index in [1.807, 2.05) is 24.3 Å². The van der Waals surface area contributed by atoms with Gasteiger partial charge in [-0.1, -0.05) is 31.5 Å². The van der Waals surface area contributed by atoms with E-state index in [2.05, 4.69) is 6.92 Å². The lowest BCUT2D eigenvalue weighted by Gasteiger charge is -2.14. The summed E-state index contributed by atoms with van der Waals surface area (Å²) in [6, 6.07) is 9.26. The van der Waals surface area contributed by atoms with Crippen molar-refractivity contribution in [2.75, 3.05) is 13.1 Å². The van der Waals surface area contributed by atoms with Crippen molar-refractivity contribution >= 4 is 22.7 Å². The molecule has 1 aliphatic rings. The summed E-state index contributed by atoms with van der Waals surface area (Å²) in [5.41, 5.74) is 0.704. The summed E-state index contributed by atoms with van der Waals surface area (Å²) < 4.78 is 5.54. The lowest BCUT2D eigenvalue weighted by Crippen LogP contribution is -2.31. The van der Waals surface area contributed by atoms with Gasteiger partial charge in [0.15, 0.2) is 5.76 Å². The minimum atomic E-state index is -0.133. The Hall–Kier alpha value is -2.10. The number of fused-ring (bicyclic) bond motifs is 1. The van der Waals surface area contributed by atoms with E-state index < -0.39 is 0 Å². The van der Waals surface area contributed by atoms with Gasteiger partial charge < -0.3 is 9.32 Å². The molecule has 0 bridgehead atoms. The smallest absolute Gasteiger partial charge is 0.223 e. The van der Waals surface area contributed by atoms with Crippen molar-refractivity contribution in [1.82, 2.24) is 4.90 Å². The van der Waals surface area contributed by atoms with Crippen LogP contribution in [0.3, 0.4) is 0 Å². The van der Waals surface area contributed by atoms with Gasteiger partial charge in [0.05, 0.1) is 6.54 Å². The van der Waals surface area contributed by atoms with Crippen molar-refractivity contribution < 1.29 is 14.0 Å². The van der Waals surface area contributed by atoms with E-state index in [4.69, 9.17) is 4.42 Å². The molecule has 0 aliphatic carbocycles. The zero-order valence-corrected chi connectivity index (χ0v) is 11.5. The number of rotatable bonds is 4. The molecule has 1 unspecified atom stereocenters. The molecule has 1 aliphatic heterocycles. The minimum absolute atomic E-state index is 0.0707. The normalized spacial score (nSPS) is 18.9. The summed E-state index contributed by atoms with van der Waals surface area (Å²) in [6.45, 7) is 2.87. The molecule has 2 heterocycles. The SMILES string of the molecule is CCC1CC(=O)N(CC(=O)c2cc3ccccc3o2)C1. The van der Waals surface area contributed by atoms with Crippen LogP contribution >= 0.6 is 0 Å². The van der Waals surface area contributed by atoms with Crippen LogP contribution in [0.5, 0.6) is 0 Å². The third-order valence-corrected chi connectivity index (χ3v) is 3.91. The van der Waals surface area contributed by atoms with Crippen LogP contribution in [0.1, 0.15) is 30.3 Å². The molecule has 1 aromatic carbocycles. The van der Waals surface area contributed by atoms with Gasteiger partial charge >= 0.3 is 0 Å². The Labute approximate surface area is 117 Å². The van der Waals surface area contributed by atoms with Crippen LogP contribution in [0.4, 0.5) is 0 Å². The topological polar surface area (TPSA) is 50.5 Å². The number of likely N-dealkylation sites (tertiary alicyclic amines) is 1. The predicted octanol–water partition coefficient (Wildman–Crippen LogP) is 2.87. The van der Waals surface area contributed by atoms with Gasteiger partial charge in [0.25, 0.3) is 0 Å². The van der Waals surface area contributed by atoms with E-state index in [1.165, 1.54) is 0 Å². The fraction of sp³-hybridized carbons (Fsp3) is 0.375. The summed E-state index contributed by atoms with van der Waals surface area (Å²) in [5, 5.41) is 0.912. The Morgan fingerprint density at radius 3 is 2.90 bits per heavy atom. The van der Waals surface area contributed by atoms with Crippen LogP contribution in [0.2, 0.25) is 0 Å². The van der Waals surface area contributed by atoms with Gasteiger partial charge in [-0.15, -0.1) is 0 Å². The summed E-state index contributed by atoms with van der Waals surface area (Å²) >= 11 is 0. The Kier molecular flexibility index (Phi) is 3.30. The molecule has 4 heteroatoms. The maximum atomic E-state index is 12.2. The molecule has 104 valence electrons. The van der Waals surface area contributed by atoms with Gasteiger partial charge in [0.2, 0.25) is 11.7 Å². The Bertz CT molecular complexity index is 626. The second kappa shape index (κ2) is 5.12. The first kappa shape index (κ1) is 12.9. The third-order valence-electron chi connectivity index (χ3n) is 3.91. The fourth-order valence-electron chi connectivity index (χ4n) is 2.65. The van der Waals surface area contributed by atoms with E-state index in [0.717, 1.165) is 11.8 Å². The molecule has 3 rings (SSSR count). The van der Waals surface area contributed by atoms with Gasteiger partial charge in [-0.3, -0.25) is 9.59 Å². The number of furan rings is 1. The Morgan fingerprint density at radius 2 is 2.20 bits per heavy atom. The molecule has 0 N–H and O–H groups in total. The van der Waals surface area contributed by atoms with Gasteiger partial charge in [0, 0.05) is 18.4 Å². The highest BCUT2D eigenvalue weighted by Crippen LogP contribution is 2.22. The largest absolute Gasteiger partial charge is 0.453 e. The number of nitrogens with zero attached hydrogens (tertiary/aromatic N) is 1. The molecule has 4 nitrogen and oxygen atoms in total. The molecule has 0 spiro atoms. The number of benzene rings is 1. The molecule has 0 saturated carbocycles. The molecule has 0 radical (unpaired) electrons. The lowest BCUT2D eigenvalue weighted by molar-refractivity contribution is -0.127. The molecular weight excluding hydrogens is 254 g/mol. The first-order valence-electron chi connectivity index (χ1n) is 6.97. The number of Topliss-reactive ketones (excluding diaryl/α,β-unsaturated/α-hetero) is 1. The van der Waals surface area contributed by atoms with E-state index >= 15 is 0 Å². The number of carbonyl (C=O) groups excluding carboxylic acids is 2. The fourth-order valence-corrected chi connectivity index (χ4v) is 2.65. The van der Waals surface area contributed by atoms with Crippen LogP contribution in [-0.4, -0.2) is 29.7 Å². The van der Waals surface area contributed by atoms with Crippen molar-refractivity contribution in [2.24, 2.45) is 5.92 Å². The maximum Gasteiger partial charge on any atom is 0.223 e. The zero-order chi connectivity index (χ0) is 14.1. The van der Waals surface area contributed by atoms with Crippen molar-refractivity contribution in [1.29, 1.82) is 0 Å². The Morgan fingerprint density at radius 1 is 1.40 bits per heavy atom. The zero-order valence-electron chi connectivity index (χ0n) is 11.5. The average molecular weight is 271 g/mol. The number of para-hydroxylation sites is 1. The number of carbonyl (C=O) groups is 2. The number of amides is 1. The molecule has 1 amide bonds. The minimum Gasteiger partial charge on any atom is -0.453 e. The van der Waals surface area contributed by atoms with Crippen LogP contribution in [0.15, 0.2) is 34.7 Å². The quantitative estimate of drug-likeness (QED) is 0.803. The Balaban J connectivity index is 1.74. The van der Waals surface area contributed by atoms with Crippen molar-refractivity contribution in [2.45, 2.75) is 19.8 Å². The number of hydrogen-bond acceptors (Lipinski definition) is 3. The van der Waals surface area contributed by atoms with E-state index in [-0.39, 0.29) is 18.2 Å². The highest BCUT2D eigenvalue weighted by molar-refractivity contribution is 6.00. The van der Waals surface area contributed by atoms with E-state index in [9.17, 15) is 9.59 Å². The molecule has 1 aromatic heterocycles. The van der Waals surface area contributed by atoms with Crippen LogP contribution in [0.25, 0.3) is 11.0 Å². The molecule has 1 atom stereocenters. The predicted molar refractivity (Wildman–Crippen MR) is 75.5 cm³/mol. The van der Waals surface area contributed by atoms with Crippen LogP contribution < -0.4 is 0 Å². The highest BCUT2D eigenvalue weighted by atomic mass is 16.3. The first-order chi connectivity index (χ1) is 9.67. The van der Waals surface area contributed by atoms with Gasteiger partial charge in [-0.2, -0.15) is 0 Å². The number of hydrogen-bond donors (Lipinski definition) is 0. The van der Waals surface area contributed by atoms with Crippen LogP contribution in [-0.2, 0) is 4.79 Å². The summed E-state index contributed by atoms with van der Waals surface area (Å²) in [6.07, 6.45) is 1.53. The van der Waals surface area contributed by atoms with E-state index in [0.29, 0.717) is 30.2 Å². The standard InChI is InChI=1S/C16H17NO3/c1-2-11-7-16(19)17(9-11)10-13(18)15-8-12-5-3-4-6-14(12)20-15/h3-6,8,11H,2,7,9-10H2,1H3. The maximum absolute atomic E-state index is 12.2. The molecule has 1 fully saturated rings.